The van der Waals surface area contributed by atoms with Crippen LogP contribution < -0.4 is 10.9 Å². The lowest BCUT2D eigenvalue weighted by Crippen LogP contribution is -2.34. The Balaban J connectivity index is 1.95. The number of nitrogens with zero attached hydrogens (tertiary/aromatic N) is 2. The van der Waals surface area contributed by atoms with Crippen molar-refractivity contribution in [2.75, 3.05) is 25.0 Å². The monoisotopic (exact) mass is 348 g/mol. The van der Waals surface area contributed by atoms with Crippen LogP contribution in [0.5, 0.6) is 0 Å². The van der Waals surface area contributed by atoms with Crippen LogP contribution in [0.25, 0.3) is 0 Å². The van der Waals surface area contributed by atoms with Crippen LogP contribution in [0.4, 0.5) is 5.82 Å². The van der Waals surface area contributed by atoms with E-state index < -0.39 is 0 Å². The summed E-state index contributed by atoms with van der Waals surface area (Å²) in [4.78, 5) is 20.6. The SMILES string of the molecule is CC(CN1CCCC1)Nc1nc[nH]c(=O)c1I. The number of hydrogen-bond donors (Lipinski definition) is 2. The maximum atomic E-state index is 11.4. The van der Waals surface area contributed by atoms with Crippen LogP contribution >= 0.6 is 22.6 Å². The van der Waals surface area contributed by atoms with E-state index in [9.17, 15) is 4.79 Å². The zero-order valence-corrected chi connectivity index (χ0v) is 12.0. The summed E-state index contributed by atoms with van der Waals surface area (Å²) in [6.45, 7) is 5.50. The predicted octanol–water partition coefficient (Wildman–Crippen LogP) is 1.27. The molecule has 1 atom stereocenters. The van der Waals surface area contributed by atoms with Crippen molar-refractivity contribution in [3.63, 3.8) is 0 Å². The molecule has 0 aliphatic carbocycles. The zero-order chi connectivity index (χ0) is 12.3. The van der Waals surface area contributed by atoms with Crippen LogP contribution in [0.2, 0.25) is 0 Å². The second-order valence-corrected chi connectivity index (χ2v) is 5.53. The van der Waals surface area contributed by atoms with Crippen molar-refractivity contribution >= 4 is 28.4 Å². The maximum Gasteiger partial charge on any atom is 0.266 e. The molecule has 2 N–H and O–H groups in total. The van der Waals surface area contributed by atoms with E-state index >= 15 is 0 Å². The Morgan fingerprint density at radius 1 is 1.59 bits per heavy atom. The molecule has 1 unspecified atom stereocenters. The highest BCUT2D eigenvalue weighted by Gasteiger charge is 2.15. The molecule has 6 heteroatoms. The number of H-pyrrole nitrogens is 1. The second-order valence-electron chi connectivity index (χ2n) is 4.45. The largest absolute Gasteiger partial charge is 0.365 e. The molecule has 0 saturated carbocycles. The Morgan fingerprint density at radius 2 is 2.29 bits per heavy atom. The molecule has 17 heavy (non-hydrogen) atoms. The van der Waals surface area contributed by atoms with E-state index in [1.807, 2.05) is 22.6 Å². The van der Waals surface area contributed by atoms with E-state index in [0.717, 1.165) is 6.54 Å². The van der Waals surface area contributed by atoms with Gasteiger partial charge in [0, 0.05) is 12.6 Å². The van der Waals surface area contributed by atoms with Gasteiger partial charge in [-0.1, -0.05) is 0 Å². The average molecular weight is 348 g/mol. The first-order valence-electron chi connectivity index (χ1n) is 5.89. The van der Waals surface area contributed by atoms with Crippen LogP contribution in [0.1, 0.15) is 19.8 Å². The lowest BCUT2D eigenvalue weighted by atomic mass is 10.3. The molecule has 5 nitrogen and oxygen atoms in total. The fourth-order valence-corrected chi connectivity index (χ4v) is 2.57. The van der Waals surface area contributed by atoms with Crippen LogP contribution in [0.3, 0.4) is 0 Å². The van der Waals surface area contributed by atoms with Crippen molar-refractivity contribution < 1.29 is 0 Å². The molecule has 2 heterocycles. The number of halogens is 1. The van der Waals surface area contributed by atoms with Gasteiger partial charge in [-0.2, -0.15) is 0 Å². The normalized spacial score (nSPS) is 18.2. The molecule has 0 bridgehead atoms. The molecule has 94 valence electrons. The average Bonchev–Trinajstić information content (AvgIpc) is 2.77. The smallest absolute Gasteiger partial charge is 0.266 e. The van der Waals surface area contributed by atoms with Gasteiger partial charge in [0.25, 0.3) is 5.56 Å². The van der Waals surface area contributed by atoms with Gasteiger partial charge in [0.2, 0.25) is 0 Å². The standard InChI is InChI=1S/C11H17IN4O/c1-8(6-16-4-2-3-5-16)15-10-9(12)11(17)14-7-13-10/h7-8H,2-6H2,1H3,(H2,13,14,15,17). The Morgan fingerprint density at radius 3 is 3.00 bits per heavy atom. The molecule has 2 rings (SSSR count). The molecule has 1 aliphatic heterocycles. The summed E-state index contributed by atoms with van der Waals surface area (Å²) < 4.78 is 0.623. The van der Waals surface area contributed by atoms with Gasteiger partial charge in [-0.3, -0.25) is 4.79 Å². The Kier molecular flexibility index (Phi) is 4.38. The first-order valence-corrected chi connectivity index (χ1v) is 6.97. The van der Waals surface area contributed by atoms with E-state index in [2.05, 4.69) is 27.1 Å². The fourth-order valence-electron chi connectivity index (χ4n) is 2.12. The summed E-state index contributed by atoms with van der Waals surface area (Å²) in [5.41, 5.74) is -0.0866. The second kappa shape index (κ2) is 5.81. The minimum Gasteiger partial charge on any atom is -0.365 e. The van der Waals surface area contributed by atoms with Crippen LogP contribution in [0.15, 0.2) is 11.1 Å². The van der Waals surface area contributed by atoms with Gasteiger partial charge in [-0.15, -0.1) is 0 Å². The Bertz CT molecular complexity index is 428. The number of nitrogens with one attached hydrogen (secondary N) is 2. The molecule has 0 aromatic carbocycles. The third-order valence-electron chi connectivity index (χ3n) is 2.91. The quantitative estimate of drug-likeness (QED) is 0.805. The van der Waals surface area contributed by atoms with E-state index in [0.29, 0.717) is 15.4 Å². The fraction of sp³-hybridized carbons (Fsp3) is 0.636. The lowest BCUT2D eigenvalue weighted by Gasteiger charge is -2.21. The Labute approximate surface area is 114 Å². The van der Waals surface area contributed by atoms with E-state index in [-0.39, 0.29) is 5.56 Å². The first-order chi connectivity index (χ1) is 8.16. The highest BCUT2D eigenvalue weighted by atomic mass is 127. The molecule has 0 radical (unpaired) electrons. The molecule has 0 spiro atoms. The third kappa shape index (κ3) is 3.41. The van der Waals surface area contributed by atoms with Gasteiger partial charge in [-0.25, -0.2) is 4.98 Å². The minimum absolute atomic E-state index is 0.0866. The summed E-state index contributed by atoms with van der Waals surface area (Å²) in [5.74, 6) is 0.682. The van der Waals surface area contributed by atoms with Crippen molar-refractivity contribution in [2.24, 2.45) is 0 Å². The van der Waals surface area contributed by atoms with Crippen molar-refractivity contribution in [1.82, 2.24) is 14.9 Å². The predicted molar refractivity (Wildman–Crippen MR) is 76.3 cm³/mol. The molecular weight excluding hydrogens is 331 g/mol. The van der Waals surface area contributed by atoms with E-state index in [1.54, 1.807) is 0 Å². The minimum atomic E-state index is -0.0866. The summed E-state index contributed by atoms with van der Waals surface area (Å²) in [5, 5.41) is 3.30. The van der Waals surface area contributed by atoms with Gasteiger partial charge in [0.1, 0.15) is 9.39 Å². The van der Waals surface area contributed by atoms with Crippen LogP contribution in [-0.4, -0.2) is 40.5 Å². The molecule has 1 aliphatic rings. The van der Waals surface area contributed by atoms with Gasteiger partial charge in [0.05, 0.1) is 6.33 Å². The summed E-state index contributed by atoms with van der Waals surface area (Å²) in [6, 6.07) is 0.302. The van der Waals surface area contributed by atoms with Crippen LogP contribution in [0, 0.1) is 3.57 Å². The number of hydrogen-bond acceptors (Lipinski definition) is 4. The topological polar surface area (TPSA) is 61.0 Å². The number of anilines is 1. The van der Waals surface area contributed by atoms with Gasteiger partial charge in [-0.05, 0) is 55.4 Å². The Hall–Kier alpha value is -0.630. The van der Waals surface area contributed by atoms with E-state index in [1.165, 1.54) is 32.3 Å². The zero-order valence-electron chi connectivity index (χ0n) is 9.87. The number of rotatable bonds is 4. The van der Waals surface area contributed by atoms with Crippen molar-refractivity contribution in [2.45, 2.75) is 25.8 Å². The van der Waals surface area contributed by atoms with Gasteiger partial charge in [0.15, 0.2) is 0 Å². The number of likely N-dealkylation sites (tertiary alicyclic amines) is 1. The van der Waals surface area contributed by atoms with Crippen molar-refractivity contribution in [1.29, 1.82) is 0 Å². The van der Waals surface area contributed by atoms with E-state index in [4.69, 9.17) is 0 Å². The first kappa shape index (κ1) is 12.8. The van der Waals surface area contributed by atoms with Crippen LogP contribution in [-0.2, 0) is 0 Å². The summed E-state index contributed by atoms with van der Waals surface area (Å²) >= 11 is 2.02. The molecular formula is C11H17IN4O. The highest BCUT2D eigenvalue weighted by Crippen LogP contribution is 2.12. The van der Waals surface area contributed by atoms with Crippen molar-refractivity contribution in [3.8, 4) is 0 Å². The maximum absolute atomic E-state index is 11.4. The van der Waals surface area contributed by atoms with Gasteiger partial charge >= 0.3 is 0 Å². The summed E-state index contributed by atoms with van der Waals surface area (Å²) in [7, 11) is 0. The molecule has 0 amide bonds. The molecule has 1 aromatic rings. The van der Waals surface area contributed by atoms with Crippen molar-refractivity contribution in [3.05, 3.63) is 20.3 Å². The summed E-state index contributed by atoms with van der Waals surface area (Å²) in [6.07, 6.45) is 4.04. The molecule has 1 aromatic heterocycles. The highest BCUT2D eigenvalue weighted by molar-refractivity contribution is 14.1. The number of aromatic amines is 1. The molecule has 1 saturated heterocycles. The number of aromatic nitrogens is 2. The molecule has 1 fully saturated rings. The third-order valence-corrected chi connectivity index (χ3v) is 3.91. The van der Waals surface area contributed by atoms with Gasteiger partial charge < -0.3 is 15.2 Å². The lowest BCUT2D eigenvalue weighted by molar-refractivity contribution is 0.327.